The van der Waals surface area contributed by atoms with Gasteiger partial charge in [-0.05, 0) is 44.0 Å². The van der Waals surface area contributed by atoms with E-state index < -0.39 is 88.6 Å². The number of rotatable bonds is 4. The van der Waals surface area contributed by atoms with Crippen molar-refractivity contribution in [2.45, 2.75) is 104 Å². The molecule has 5 heterocycles. The molecule has 16 heteroatoms. The number of hydrogen-bond acceptors (Lipinski definition) is 15. The highest BCUT2D eigenvalue weighted by Crippen LogP contribution is 2.49. The number of methoxy groups -OCH3 is 1. The SMILES string of the molecule is CO[C@H]1/C=C/O[C@@]2(C)Oc3c(C)c(O)c4c(O)c(c5c(c4c3C2=O)=NC2(CCN(Cc3cnc4ccccc4c3)C2)CN=5)NC(=O)/C(C)=C/C=C/[C@H](C)[C@@H](O)[C@H](C)[C@H](O)[C@@H](C)[C@H](OC(C)=O)C1C. The number of hydrogen-bond donors (Lipinski definition) is 5. The molecule has 1 amide bonds. The third-order valence-corrected chi connectivity index (χ3v) is 14.3. The number of amides is 1. The molecule has 8 rings (SSSR count). The van der Waals surface area contributed by atoms with Gasteiger partial charge in [0.2, 0.25) is 0 Å². The molecule has 68 heavy (non-hydrogen) atoms. The number of aliphatic hydroxyl groups excluding tert-OH is 2. The molecule has 10 atom stereocenters. The number of likely N-dealkylation sites (tertiary alicyclic amines) is 1. The summed E-state index contributed by atoms with van der Waals surface area (Å²) in [5.41, 5.74) is 1.47. The number of aromatic hydroxyl groups is 2. The number of benzene rings is 3. The predicted molar refractivity (Wildman–Crippen MR) is 254 cm³/mol. The summed E-state index contributed by atoms with van der Waals surface area (Å²) in [5.74, 6) is -7.10. The molecule has 4 aliphatic heterocycles. The van der Waals surface area contributed by atoms with Gasteiger partial charge in [-0.15, -0.1) is 0 Å². The number of para-hydroxylation sites is 1. The van der Waals surface area contributed by atoms with Gasteiger partial charge in [0.15, 0.2) is 5.75 Å². The van der Waals surface area contributed by atoms with E-state index in [1.54, 1.807) is 65.8 Å². The maximum Gasteiger partial charge on any atom is 0.312 e. The molecular weight excluding hydrogens is 871 g/mol. The summed E-state index contributed by atoms with van der Waals surface area (Å²) in [5, 5.41) is 51.5. The van der Waals surface area contributed by atoms with E-state index in [1.807, 2.05) is 30.5 Å². The van der Waals surface area contributed by atoms with E-state index in [-0.39, 0.29) is 56.2 Å². The number of Topliss-reactive ketones (excluding diaryl/α,β-unsaturated/α-hetero) is 1. The maximum atomic E-state index is 14.9. The quantitative estimate of drug-likeness (QED) is 0.126. The van der Waals surface area contributed by atoms with E-state index in [2.05, 4.69) is 21.3 Å². The van der Waals surface area contributed by atoms with Crippen LogP contribution in [0.25, 0.3) is 21.7 Å². The van der Waals surface area contributed by atoms with E-state index in [0.29, 0.717) is 26.1 Å². The number of phenols is 2. The van der Waals surface area contributed by atoms with Gasteiger partial charge in [-0.1, -0.05) is 64.1 Å². The van der Waals surface area contributed by atoms with Crippen LogP contribution in [0.15, 0.2) is 82.7 Å². The molecule has 1 spiro atoms. The highest BCUT2D eigenvalue weighted by Gasteiger charge is 2.50. The van der Waals surface area contributed by atoms with Crippen molar-refractivity contribution in [3.05, 3.63) is 100 Å². The average Bonchev–Trinajstić information content (AvgIpc) is 3.83. The third-order valence-electron chi connectivity index (χ3n) is 14.3. The van der Waals surface area contributed by atoms with Crippen LogP contribution in [0.4, 0.5) is 5.69 Å². The molecule has 3 aromatic carbocycles. The van der Waals surface area contributed by atoms with Crippen LogP contribution in [0.2, 0.25) is 0 Å². The molecule has 0 aliphatic carbocycles. The number of nitrogens with zero attached hydrogens (tertiary/aromatic N) is 4. The normalized spacial score (nSPS) is 31.8. The van der Waals surface area contributed by atoms with Crippen molar-refractivity contribution in [2.24, 2.45) is 33.7 Å². The summed E-state index contributed by atoms with van der Waals surface area (Å²) in [4.78, 5) is 58.8. The number of aliphatic hydroxyl groups is 2. The van der Waals surface area contributed by atoms with Crippen LogP contribution in [-0.2, 0) is 30.3 Å². The second-order valence-electron chi connectivity index (χ2n) is 19.2. The van der Waals surface area contributed by atoms with Crippen LogP contribution in [0.1, 0.15) is 76.4 Å². The minimum atomic E-state index is -1.99. The molecule has 16 nitrogen and oxygen atoms in total. The summed E-state index contributed by atoms with van der Waals surface area (Å²) in [7, 11) is 1.47. The number of carbonyl (C=O) groups excluding carboxylic acids is 3. The molecular formula is C52H61N5O11. The number of allylic oxidation sites excluding steroid dienone is 2. The predicted octanol–water partition coefficient (Wildman–Crippen LogP) is 5.49. The Hall–Kier alpha value is -6.20. The van der Waals surface area contributed by atoms with Crippen LogP contribution in [-0.4, -0.2) is 110 Å². The van der Waals surface area contributed by atoms with Gasteiger partial charge in [-0.3, -0.25) is 34.3 Å². The molecule has 4 bridgehead atoms. The molecule has 1 aromatic heterocycles. The smallest absolute Gasteiger partial charge is 0.312 e. The molecule has 1 fully saturated rings. The standard InChI is InChI=1S/C52H61N5O11/c1-26-13-12-14-27(2)50(64)55-42-41-40(56-52(24-54-41)18-19-57(25-52)23-33-21-34-15-10-11-16-35(34)53-22-33)37-38(46(42)62)45(61)31(6)48-39(37)49(63)51(8,68-48)66-20-17-36(65-9)28(3)47(67-32(7)58)30(5)44(60)29(4)43(26)59/h10-17,20-22,26,28-30,36,43-44,47,59-62H,18-19,23-25H2,1-9H3,(H,55,64)/b13-12+,20-17+,27-14+/t26-,28?,29-,30+,36-,43+,44-,47+,51-,52?/m0/s1. The van der Waals surface area contributed by atoms with Crippen molar-refractivity contribution in [1.82, 2.24) is 9.88 Å². The summed E-state index contributed by atoms with van der Waals surface area (Å²) in [6.07, 6.45) is 6.35. The van der Waals surface area contributed by atoms with E-state index >= 15 is 0 Å². The van der Waals surface area contributed by atoms with Gasteiger partial charge in [0.1, 0.15) is 28.6 Å². The molecule has 1 saturated heterocycles. The maximum absolute atomic E-state index is 14.9. The number of fused-ring (bicyclic) bond motifs is 2. The second kappa shape index (κ2) is 18.7. The highest BCUT2D eigenvalue weighted by molar-refractivity contribution is 6.19. The first-order chi connectivity index (χ1) is 32.3. The van der Waals surface area contributed by atoms with Crippen LogP contribution in [0, 0.1) is 30.6 Å². The first-order valence-corrected chi connectivity index (χ1v) is 23.1. The summed E-state index contributed by atoms with van der Waals surface area (Å²) in [6.45, 7) is 14.9. The number of pyridine rings is 1. The number of aromatic nitrogens is 1. The minimum absolute atomic E-state index is 0.0132. The molecule has 4 aromatic rings. The van der Waals surface area contributed by atoms with Gasteiger partial charge >= 0.3 is 11.8 Å². The van der Waals surface area contributed by atoms with Crippen molar-refractivity contribution in [1.29, 1.82) is 0 Å². The largest absolute Gasteiger partial charge is 0.507 e. The highest BCUT2D eigenvalue weighted by atomic mass is 16.7. The zero-order valence-electron chi connectivity index (χ0n) is 39.9. The topological polar surface area (TPSA) is 222 Å². The first-order valence-electron chi connectivity index (χ1n) is 23.1. The van der Waals surface area contributed by atoms with Crippen molar-refractivity contribution in [3.8, 4) is 17.2 Å². The van der Waals surface area contributed by atoms with Crippen LogP contribution >= 0.6 is 0 Å². The first kappa shape index (κ1) is 48.3. The Morgan fingerprint density at radius 2 is 1.74 bits per heavy atom. The van der Waals surface area contributed by atoms with Crippen LogP contribution in [0.3, 0.4) is 0 Å². The Kier molecular flexibility index (Phi) is 13.3. The van der Waals surface area contributed by atoms with Gasteiger partial charge in [-0.25, -0.2) is 0 Å². The van der Waals surface area contributed by atoms with Crippen molar-refractivity contribution >= 4 is 45.0 Å². The minimum Gasteiger partial charge on any atom is -0.507 e. The average molecular weight is 932 g/mol. The van der Waals surface area contributed by atoms with Crippen molar-refractivity contribution < 1.29 is 53.8 Å². The Labute approximate surface area is 394 Å². The zero-order valence-corrected chi connectivity index (χ0v) is 39.9. The number of nitrogens with one attached hydrogen (secondary N) is 1. The molecule has 4 aliphatic rings. The fraction of sp³-hybridized carbons (Fsp3) is 0.462. The lowest BCUT2D eigenvalue weighted by Gasteiger charge is -2.38. The lowest BCUT2D eigenvalue weighted by molar-refractivity contribution is -0.160. The van der Waals surface area contributed by atoms with E-state index in [4.69, 9.17) is 28.9 Å². The number of phenolic OH excluding ortho intramolecular Hbond substituents is 2. The van der Waals surface area contributed by atoms with E-state index in [1.165, 1.54) is 27.2 Å². The molecule has 2 unspecified atom stereocenters. The monoisotopic (exact) mass is 931 g/mol. The van der Waals surface area contributed by atoms with Gasteiger partial charge in [0.25, 0.3) is 11.7 Å². The lowest BCUT2D eigenvalue weighted by atomic mass is 9.78. The summed E-state index contributed by atoms with van der Waals surface area (Å²) >= 11 is 0. The number of ether oxygens (including phenoxy) is 4. The number of esters is 1. The Morgan fingerprint density at radius 3 is 2.47 bits per heavy atom. The Morgan fingerprint density at radius 1 is 0.985 bits per heavy atom. The fourth-order valence-corrected chi connectivity index (χ4v) is 10.2. The van der Waals surface area contributed by atoms with Crippen LogP contribution < -0.4 is 20.8 Å². The van der Waals surface area contributed by atoms with Gasteiger partial charge in [0.05, 0.1) is 58.5 Å². The molecule has 360 valence electrons. The molecule has 5 N–H and O–H groups in total. The van der Waals surface area contributed by atoms with Crippen molar-refractivity contribution in [2.75, 3.05) is 32.1 Å². The van der Waals surface area contributed by atoms with Crippen molar-refractivity contribution in [3.63, 3.8) is 0 Å². The summed E-state index contributed by atoms with van der Waals surface area (Å²) < 4.78 is 24.2. The van der Waals surface area contributed by atoms with Gasteiger partial charge < -0.3 is 44.7 Å². The molecule has 0 radical (unpaired) electrons. The Balaban J connectivity index is 1.26. The second-order valence-corrected chi connectivity index (χ2v) is 19.2. The molecule has 0 saturated carbocycles. The summed E-state index contributed by atoms with van der Waals surface area (Å²) in [6, 6.07) is 10.1. The third kappa shape index (κ3) is 8.74. The number of carbonyl (C=O) groups is 3. The Bertz CT molecular complexity index is 2920. The number of anilines is 1. The number of ketones is 1. The van der Waals surface area contributed by atoms with E-state index in [9.17, 15) is 34.8 Å². The van der Waals surface area contributed by atoms with E-state index in [0.717, 1.165) is 16.5 Å². The van der Waals surface area contributed by atoms with Gasteiger partial charge in [0, 0.05) is 92.4 Å². The fourth-order valence-electron chi connectivity index (χ4n) is 10.2. The lowest BCUT2D eigenvalue weighted by Crippen LogP contribution is -2.46. The zero-order chi connectivity index (χ0) is 49.0. The van der Waals surface area contributed by atoms with Crippen LogP contribution in [0.5, 0.6) is 17.2 Å². The van der Waals surface area contributed by atoms with Gasteiger partial charge in [-0.2, -0.15) is 0 Å².